The Labute approximate surface area is 154 Å². The number of hydrogen-bond donors (Lipinski definition) is 0. The van der Waals surface area contributed by atoms with Crippen LogP contribution in [0.2, 0.25) is 0 Å². The first kappa shape index (κ1) is 16.4. The van der Waals surface area contributed by atoms with Crippen LogP contribution in [0, 0.1) is 6.07 Å². The molecule has 5 heteroatoms. The second-order valence-corrected chi connectivity index (χ2v) is 5.26. The van der Waals surface area contributed by atoms with Crippen molar-refractivity contribution >= 4 is 0 Å². The Hall–Kier alpha value is -2.49. The predicted molar refractivity (Wildman–Crippen MR) is 88.8 cm³/mol. The van der Waals surface area contributed by atoms with Gasteiger partial charge in [-0.1, -0.05) is 48.5 Å². The zero-order chi connectivity index (χ0) is 15.5. The summed E-state index contributed by atoms with van der Waals surface area (Å²) in [7, 11) is 0. The molecule has 4 nitrogen and oxygen atoms in total. The van der Waals surface area contributed by atoms with Gasteiger partial charge in [0.25, 0.3) is 0 Å². The molecular weight excluding hydrogens is 476 g/mol. The van der Waals surface area contributed by atoms with E-state index in [1.165, 1.54) is 5.56 Å². The van der Waals surface area contributed by atoms with E-state index in [9.17, 15) is 0 Å². The van der Waals surface area contributed by atoms with E-state index in [2.05, 4.69) is 23.3 Å². The largest absolute Gasteiger partial charge is 0.400 e. The van der Waals surface area contributed by atoms with Crippen molar-refractivity contribution in [2.24, 2.45) is 0 Å². The number of aromatic nitrogens is 4. The van der Waals surface area contributed by atoms with E-state index in [-0.39, 0.29) is 20.1 Å². The van der Waals surface area contributed by atoms with E-state index in [1.807, 2.05) is 65.5 Å². The molecule has 24 heavy (non-hydrogen) atoms. The van der Waals surface area contributed by atoms with Crippen LogP contribution in [0.1, 0.15) is 11.3 Å². The van der Waals surface area contributed by atoms with Crippen molar-refractivity contribution in [3.63, 3.8) is 0 Å². The van der Waals surface area contributed by atoms with E-state index >= 15 is 0 Å². The van der Waals surface area contributed by atoms with E-state index in [0.29, 0.717) is 0 Å². The van der Waals surface area contributed by atoms with Gasteiger partial charge < -0.3 is 6.07 Å². The fourth-order valence-electron chi connectivity index (χ4n) is 2.54. The molecule has 0 fully saturated rings. The van der Waals surface area contributed by atoms with Crippen LogP contribution in [0.5, 0.6) is 0 Å². The quantitative estimate of drug-likeness (QED) is 0.410. The normalized spacial score (nSPS) is 10.3. The van der Waals surface area contributed by atoms with Gasteiger partial charge in [0.2, 0.25) is 0 Å². The van der Waals surface area contributed by atoms with E-state index in [4.69, 9.17) is 5.10 Å². The van der Waals surface area contributed by atoms with Gasteiger partial charge in [0.05, 0.1) is 5.69 Å². The van der Waals surface area contributed by atoms with Crippen LogP contribution >= 0.6 is 0 Å². The van der Waals surface area contributed by atoms with Crippen LogP contribution in [0.3, 0.4) is 0 Å². The van der Waals surface area contributed by atoms with Crippen molar-refractivity contribution in [2.45, 2.75) is 6.42 Å². The van der Waals surface area contributed by atoms with Crippen molar-refractivity contribution in [3.05, 3.63) is 96.4 Å². The molecule has 0 bridgehead atoms. The second-order valence-electron chi connectivity index (χ2n) is 5.26. The van der Waals surface area contributed by atoms with Gasteiger partial charge in [-0.2, -0.15) is 5.10 Å². The molecule has 0 aliphatic rings. The number of para-hydroxylation sites is 1. The minimum Gasteiger partial charge on any atom is -0.400 e. The van der Waals surface area contributed by atoms with Crippen LogP contribution in [0.25, 0.3) is 11.5 Å². The van der Waals surface area contributed by atoms with E-state index in [0.717, 1.165) is 23.6 Å². The van der Waals surface area contributed by atoms with Gasteiger partial charge in [0.15, 0.2) is 0 Å². The maximum atomic E-state index is 4.73. The summed E-state index contributed by atoms with van der Waals surface area (Å²) in [5, 5.41) is 9.05. The molecule has 2 heterocycles. The minimum atomic E-state index is 0. The first-order valence-corrected chi connectivity index (χ1v) is 7.51. The van der Waals surface area contributed by atoms with Gasteiger partial charge in [-0.05, 0) is 36.0 Å². The summed E-state index contributed by atoms with van der Waals surface area (Å²) >= 11 is 0. The van der Waals surface area contributed by atoms with Crippen LogP contribution in [0.15, 0.2) is 79.1 Å². The number of benzene rings is 2. The van der Waals surface area contributed by atoms with Gasteiger partial charge in [0.1, 0.15) is 0 Å². The Bertz CT molecular complexity index is 884. The molecule has 0 atom stereocenters. The molecule has 0 amide bonds. The van der Waals surface area contributed by atoms with Crippen LogP contribution in [-0.4, -0.2) is 19.6 Å². The van der Waals surface area contributed by atoms with E-state index < -0.39 is 0 Å². The summed E-state index contributed by atoms with van der Waals surface area (Å²) < 4.78 is 3.67. The smallest absolute Gasteiger partial charge is 0.0634 e. The van der Waals surface area contributed by atoms with Gasteiger partial charge in [0, 0.05) is 32.5 Å². The van der Waals surface area contributed by atoms with Gasteiger partial charge in [-0.3, -0.25) is 9.36 Å². The SMILES string of the molecule is [Ir].[c-]1c(Cc2ccccc2)nn(-c2ccccc2)c1-n1cccn1. The molecule has 0 unspecified atom stereocenters. The van der Waals surface area contributed by atoms with Crippen LogP contribution < -0.4 is 0 Å². The molecule has 0 aliphatic carbocycles. The molecule has 1 radical (unpaired) electrons. The number of hydrogen-bond acceptors (Lipinski definition) is 2. The fraction of sp³-hybridized carbons (Fsp3) is 0.0526. The average Bonchev–Trinajstić information content (AvgIpc) is 3.26. The number of nitrogens with zero attached hydrogens (tertiary/aromatic N) is 4. The minimum absolute atomic E-state index is 0. The molecule has 4 rings (SSSR count). The van der Waals surface area contributed by atoms with Crippen molar-refractivity contribution in [3.8, 4) is 11.5 Å². The molecule has 0 N–H and O–H groups in total. The van der Waals surface area contributed by atoms with E-state index in [1.54, 1.807) is 10.9 Å². The molecular formula is C19H15IrN4-. The van der Waals surface area contributed by atoms with Crippen molar-refractivity contribution in [1.82, 2.24) is 19.6 Å². The molecule has 4 aromatic rings. The summed E-state index contributed by atoms with van der Waals surface area (Å²) in [6, 6.07) is 25.6. The Balaban J connectivity index is 0.00000169. The maximum absolute atomic E-state index is 4.73. The maximum Gasteiger partial charge on any atom is 0.0634 e. The molecule has 2 aromatic heterocycles. The van der Waals surface area contributed by atoms with Crippen molar-refractivity contribution in [1.29, 1.82) is 0 Å². The molecule has 0 saturated carbocycles. The first-order chi connectivity index (χ1) is 11.4. The molecule has 121 valence electrons. The molecule has 2 aromatic carbocycles. The fourth-order valence-corrected chi connectivity index (χ4v) is 2.54. The van der Waals surface area contributed by atoms with Gasteiger partial charge in [-0.15, -0.1) is 5.69 Å². The predicted octanol–water partition coefficient (Wildman–Crippen LogP) is 3.45. The summed E-state index contributed by atoms with van der Waals surface area (Å²) in [4.78, 5) is 0. The first-order valence-electron chi connectivity index (χ1n) is 7.51. The Kier molecular flexibility index (Phi) is 5.04. The van der Waals surface area contributed by atoms with Crippen molar-refractivity contribution < 1.29 is 20.1 Å². The zero-order valence-corrected chi connectivity index (χ0v) is 15.2. The second kappa shape index (κ2) is 7.39. The van der Waals surface area contributed by atoms with Crippen molar-refractivity contribution in [2.75, 3.05) is 0 Å². The standard InChI is InChI=1S/C19H15N4.Ir/c1-3-8-16(9-4-1)14-17-15-19(22-13-7-12-20-22)23(21-17)18-10-5-2-6-11-18;/h1-13H,14H2;/q-1;. The molecule has 0 aliphatic heterocycles. The van der Waals surface area contributed by atoms with Gasteiger partial charge >= 0.3 is 0 Å². The third-order valence-electron chi connectivity index (χ3n) is 3.61. The summed E-state index contributed by atoms with van der Waals surface area (Å²) in [5.74, 6) is 0.812. The third-order valence-corrected chi connectivity index (χ3v) is 3.61. The monoisotopic (exact) mass is 492 g/mol. The van der Waals surface area contributed by atoms with Crippen LogP contribution in [-0.2, 0) is 26.5 Å². The molecule has 0 saturated heterocycles. The summed E-state index contributed by atoms with van der Waals surface area (Å²) in [5.41, 5.74) is 3.10. The molecule has 0 spiro atoms. The Morgan fingerprint density at radius 2 is 1.58 bits per heavy atom. The summed E-state index contributed by atoms with van der Waals surface area (Å²) in [6.45, 7) is 0. The number of rotatable bonds is 4. The topological polar surface area (TPSA) is 35.6 Å². The average molecular weight is 492 g/mol. The van der Waals surface area contributed by atoms with Crippen LogP contribution in [0.4, 0.5) is 0 Å². The zero-order valence-electron chi connectivity index (χ0n) is 12.8. The Morgan fingerprint density at radius 1 is 0.875 bits per heavy atom. The summed E-state index contributed by atoms with van der Waals surface area (Å²) in [6.07, 6.45) is 4.40. The van der Waals surface area contributed by atoms with Gasteiger partial charge in [-0.25, -0.2) is 5.10 Å². The third kappa shape index (κ3) is 3.37. The Morgan fingerprint density at radius 3 is 2.25 bits per heavy atom.